The molecule has 1 atom stereocenters. The molecule has 6 N–H and O–H groups in total. The Balaban J connectivity index is 1.38. The van der Waals surface area contributed by atoms with Crippen LogP contribution in [0.2, 0.25) is 0 Å². The maximum atomic E-state index is 14.0. The average molecular weight is 488 g/mol. The smallest absolute Gasteiger partial charge is 0.151 e. The third-order valence-electron chi connectivity index (χ3n) is 7.55. The zero-order valence-electron chi connectivity index (χ0n) is 21.2. The Bertz CT molecular complexity index is 914. The minimum absolute atomic E-state index is 0.131. The second-order valence-corrected chi connectivity index (χ2v) is 10.3. The highest BCUT2D eigenvalue weighted by atomic mass is 19.1. The van der Waals surface area contributed by atoms with Crippen LogP contribution in [0.5, 0.6) is 5.75 Å². The van der Waals surface area contributed by atoms with Gasteiger partial charge in [-0.25, -0.2) is 4.39 Å². The molecule has 2 aliphatic rings. The molecule has 2 aromatic rings. The summed E-state index contributed by atoms with van der Waals surface area (Å²) in [5.74, 6) is 1.37. The largest absolute Gasteiger partial charge is 0.488 e. The fourth-order valence-electron chi connectivity index (χ4n) is 5.39. The van der Waals surface area contributed by atoms with Crippen molar-refractivity contribution in [2.24, 2.45) is 5.92 Å². The maximum Gasteiger partial charge on any atom is 0.151 e. The lowest BCUT2D eigenvalue weighted by Gasteiger charge is -2.30. The van der Waals surface area contributed by atoms with E-state index in [1.165, 1.54) is 32.0 Å². The number of nitrogens with zero attached hydrogens (tertiary/aromatic N) is 1. The lowest BCUT2D eigenvalue weighted by atomic mass is 9.91. The van der Waals surface area contributed by atoms with Gasteiger partial charge in [-0.3, -0.25) is 0 Å². The van der Waals surface area contributed by atoms with Crippen LogP contribution < -0.4 is 25.2 Å². The molecule has 0 saturated carbocycles. The molecule has 4 rings (SSSR count). The van der Waals surface area contributed by atoms with Gasteiger partial charge in [-0.2, -0.15) is 0 Å². The highest BCUT2D eigenvalue weighted by Crippen LogP contribution is 2.32. The van der Waals surface area contributed by atoms with Crippen LogP contribution in [0.1, 0.15) is 30.4 Å². The summed E-state index contributed by atoms with van der Waals surface area (Å²) in [6, 6.07) is 13.4. The predicted octanol–water partition coefficient (Wildman–Crippen LogP) is -0.430. The van der Waals surface area contributed by atoms with Crippen LogP contribution in [0.3, 0.4) is 0 Å². The van der Waals surface area contributed by atoms with Crippen molar-refractivity contribution in [1.29, 1.82) is 0 Å². The standard InChI is InChI=1S/C28H41FN4O2/c1-32-15-10-22(11-16-32)19-25(34)21-35-28-24(6-4-8-27(28)33-17-13-30-14-18-33)20-31-12-9-23-5-2-3-7-26(23)29/h2-8,22,25,30-31,34H,9-21H2,1H3/p+3. The van der Waals surface area contributed by atoms with Crippen LogP contribution >= 0.6 is 0 Å². The van der Waals surface area contributed by atoms with E-state index in [1.807, 2.05) is 12.1 Å². The first kappa shape index (κ1) is 25.9. The minimum Gasteiger partial charge on any atom is -0.488 e. The van der Waals surface area contributed by atoms with Crippen molar-refractivity contribution in [1.82, 2.24) is 0 Å². The number of quaternary nitrogens is 3. The molecule has 0 spiro atoms. The number of piperidine rings is 1. The number of para-hydroxylation sites is 1. The van der Waals surface area contributed by atoms with Gasteiger partial charge in [-0.1, -0.05) is 24.3 Å². The first-order chi connectivity index (χ1) is 17.1. The van der Waals surface area contributed by atoms with E-state index in [0.717, 1.165) is 68.3 Å². The fourth-order valence-corrected chi connectivity index (χ4v) is 5.39. The number of benzene rings is 2. The van der Waals surface area contributed by atoms with E-state index in [4.69, 9.17) is 4.74 Å². The molecule has 1 unspecified atom stereocenters. The Morgan fingerprint density at radius 3 is 2.63 bits per heavy atom. The zero-order chi connectivity index (χ0) is 24.5. The lowest BCUT2D eigenvalue weighted by Crippen LogP contribution is -3.10. The maximum absolute atomic E-state index is 14.0. The van der Waals surface area contributed by atoms with Gasteiger partial charge in [0.1, 0.15) is 19.0 Å². The van der Waals surface area contributed by atoms with Gasteiger partial charge < -0.3 is 30.3 Å². The Hall–Kier alpha value is -2.19. The number of hydrogen-bond donors (Lipinski definition) is 4. The summed E-state index contributed by atoms with van der Waals surface area (Å²) in [7, 11) is 2.25. The van der Waals surface area contributed by atoms with Crippen molar-refractivity contribution >= 4 is 5.69 Å². The molecule has 2 heterocycles. The number of likely N-dealkylation sites (tertiary alicyclic amines) is 1. The van der Waals surface area contributed by atoms with Gasteiger partial charge >= 0.3 is 0 Å². The molecule has 2 saturated heterocycles. The summed E-state index contributed by atoms with van der Waals surface area (Å²) in [4.78, 5) is 4.00. The number of anilines is 1. The molecule has 2 fully saturated rings. The monoisotopic (exact) mass is 487 g/mol. The van der Waals surface area contributed by atoms with Gasteiger partial charge in [-0.15, -0.1) is 0 Å². The number of aliphatic hydroxyl groups excluding tert-OH is 1. The first-order valence-electron chi connectivity index (χ1n) is 13.5. The van der Waals surface area contributed by atoms with Gasteiger partial charge in [0.25, 0.3) is 0 Å². The van der Waals surface area contributed by atoms with Crippen molar-refractivity contribution in [3.63, 3.8) is 0 Å². The Morgan fingerprint density at radius 2 is 1.86 bits per heavy atom. The van der Waals surface area contributed by atoms with E-state index in [0.29, 0.717) is 18.9 Å². The molecule has 0 aromatic heterocycles. The fraction of sp³-hybridized carbons (Fsp3) is 0.571. The number of rotatable bonds is 11. The van der Waals surface area contributed by atoms with E-state index in [2.05, 4.69) is 40.8 Å². The van der Waals surface area contributed by atoms with E-state index >= 15 is 0 Å². The van der Waals surface area contributed by atoms with Crippen LogP contribution in [0.4, 0.5) is 10.1 Å². The van der Waals surface area contributed by atoms with Gasteiger partial charge in [0.15, 0.2) is 5.75 Å². The van der Waals surface area contributed by atoms with Crippen molar-refractivity contribution in [2.45, 2.75) is 38.3 Å². The Morgan fingerprint density at radius 1 is 1.11 bits per heavy atom. The van der Waals surface area contributed by atoms with Crippen molar-refractivity contribution in [3.05, 3.63) is 59.4 Å². The SMILES string of the molecule is C[NH+]1CCC(CC(O)COc2c(C[NH2+]CCc3ccccc3F)cccc2N2CC[NH2+]CC2)CC1. The molecule has 6 nitrogen and oxygen atoms in total. The summed E-state index contributed by atoms with van der Waals surface area (Å²) < 4.78 is 20.4. The van der Waals surface area contributed by atoms with Gasteiger partial charge in [0.2, 0.25) is 0 Å². The summed E-state index contributed by atoms with van der Waals surface area (Å²) in [5.41, 5.74) is 3.03. The molecule has 7 heteroatoms. The third kappa shape index (κ3) is 7.64. The molecular weight excluding hydrogens is 443 g/mol. The molecule has 35 heavy (non-hydrogen) atoms. The van der Waals surface area contributed by atoms with E-state index in [9.17, 15) is 9.50 Å². The van der Waals surface area contributed by atoms with Crippen LogP contribution in [0.15, 0.2) is 42.5 Å². The molecular formula is C28H44FN4O2+3. The molecule has 2 aromatic carbocycles. The minimum atomic E-state index is -0.445. The quantitative estimate of drug-likeness (QED) is 0.325. The number of nitrogens with two attached hydrogens (primary N) is 2. The lowest BCUT2D eigenvalue weighted by molar-refractivity contribution is -0.886. The molecule has 0 bridgehead atoms. The molecule has 192 valence electrons. The second-order valence-electron chi connectivity index (χ2n) is 10.3. The normalized spacial score (nSPS) is 21.6. The number of halogens is 1. The van der Waals surface area contributed by atoms with Crippen LogP contribution in [-0.2, 0) is 13.0 Å². The zero-order valence-corrected chi connectivity index (χ0v) is 21.2. The molecule has 2 aliphatic heterocycles. The van der Waals surface area contributed by atoms with Crippen molar-refractivity contribution in [3.8, 4) is 5.75 Å². The number of nitrogens with one attached hydrogen (secondary N) is 1. The van der Waals surface area contributed by atoms with Gasteiger partial charge in [0.05, 0.1) is 70.2 Å². The van der Waals surface area contributed by atoms with Crippen molar-refractivity contribution in [2.75, 3.05) is 64.4 Å². The topological polar surface area (TPSA) is 70.4 Å². The average Bonchev–Trinajstić information content (AvgIpc) is 2.88. The van der Waals surface area contributed by atoms with E-state index < -0.39 is 6.10 Å². The van der Waals surface area contributed by atoms with Crippen LogP contribution in [0.25, 0.3) is 0 Å². The molecule has 0 aliphatic carbocycles. The highest BCUT2D eigenvalue weighted by Gasteiger charge is 2.24. The van der Waals surface area contributed by atoms with Gasteiger partial charge in [-0.05, 0) is 48.9 Å². The highest BCUT2D eigenvalue weighted by molar-refractivity contribution is 5.62. The summed E-state index contributed by atoms with van der Waals surface area (Å²) >= 11 is 0. The predicted molar refractivity (Wildman–Crippen MR) is 136 cm³/mol. The summed E-state index contributed by atoms with van der Waals surface area (Å²) in [5, 5.41) is 15.4. The van der Waals surface area contributed by atoms with Crippen LogP contribution in [-0.4, -0.2) is 70.7 Å². The number of aliphatic hydroxyl groups is 1. The third-order valence-corrected chi connectivity index (χ3v) is 7.55. The second kappa shape index (κ2) is 13.2. The van der Waals surface area contributed by atoms with Crippen LogP contribution in [0, 0.1) is 11.7 Å². The summed E-state index contributed by atoms with van der Waals surface area (Å²) in [6.07, 6.45) is 3.44. The van der Waals surface area contributed by atoms with Crippen molar-refractivity contribution < 1.29 is 29.8 Å². The Labute approximate surface area is 209 Å². The molecule has 0 radical (unpaired) electrons. The number of piperazine rings is 1. The van der Waals surface area contributed by atoms with E-state index in [1.54, 1.807) is 11.0 Å². The van der Waals surface area contributed by atoms with Gasteiger partial charge in [0, 0.05) is 6.42 Å². The summed E-state index contributed by atoms with van der Waals surface area (Å²) in [6.45, 7) is 8.46. The number of ether oxygens (including phenoxy) is 1. The van der Waals surface area contributed by atoms with E-state index in [-0.39, 0.29) is 5.82 Å². The first-order valence-corrected chi connectivity index (χ1v) is 13.5. The molecule has 0 amide bonds. The Kier molecular flexibility index (Phi) is 9.77. The number of hydrogen-bond acceptors (Lipinski definition) is 3.